The molecule has 2 aliphatic heterocycles. The van der Waals surface area contributed by atoms with Gasteiger partial charge in [0, 0.05) is 0 Å². The van der Waals surface area contributed by atoms with Gasteiger partial charge in [-0.15, -0.1) is 0 Å². The number of rotatable bonds is 34. The first-order valence-corrected chi connectivity index (χ1v) is 19.6. The molecule has 3 heteroatoms. The smallest absolute Gasteiger partial charge is 0.111 e. The van der Waals surface area contributed by atoms with E-state index < -0.39 is 0 Å². The predicted molar refractivity (Wildman–Crippen MR) is 187 cm³/mol. The first-order valence-electron chi connectivity index (χ1n) is 19.6. The summed E-state index contributed by atoms with van der Waals surface area (Å²) in [5.74, 6) is 0. The van der Waals surface area contributed by atoms with Crippen molar-refractivity contribution in [3.63, 3.8) is 0 Å². The van der Waals surface area contributed by atoms with Crippen molar-refractivity contribution in [3.05, 3.63) is 24.3 Å². The van der Waals surface area contributed by atoms with E-state index in [2.05, 4.69) is 38.2 Å². The monoisotopic (exact) mass is 603 g/mol. The molecule has 43 heavy (non-hydrogen) atoms. The van der Waals surface area contributed by atoms with Gasteiger partial charge in [-0.2, -0.15) is 0 Å². The summed E-state index contributed by atoms with van der Waals surface area (Å²) < 4.78 is 17.8. The quantitative estimate of drug-likeness (QED) is 0.0417. The maximum atomic E-state index is 6.51. The van der Waals surface area contributed by atoms with E-state index in [1.807, 2.05) is 0 Å². The van der Waals surface area contributed by atoms with Gasteiger partial charge in [-0.25, -0.2) is 0 Å². The lowest BCUT2D eigenvalue weighted by molar-refractivity contribution is 0.0113. The van der Waals surface area contributed by atoms with Crippen LogP contribution in [0.1, 0.15) is 194 Å². The van der Waals surface area contributed by atoms with Crippen LogP contribution in [0.5, 0.6) is 0 Å². The third-order valence-corrected chi connectivity index (χ3v) is 9.37. The summed E-state index contributed by atoms with van der Waals surface area (Å²) in [6.07, 6.45) is 48.8. The van der Waals surface area contributed by atoms with Crippen molar-refractivity contribution in [2.75, 3.05) is 13.2 Å². The van der Waals surface area contributed by atoms with Gasteiger partial charge < -0.3 is 14.2 Å². The summed E-state index contributed by atoms with van der Waals surface area (Å²) in [4.78, 5) is 0. The average molecular weight is 603 g/mol. The van der Waals surface area contributed by atoms with Gasteiger partial charge in [0.05, 0.1) is 13.2 Å². The Morgan fingerprint density at radius 1 is 0.442 bits per heavy atom. The van der Waals surface area contributed by atoms with Gasteiger partial charge >= 0.3 is 0 Å². The summed E-state index contributed by atoms with van der Waals surface area (Å²) >= 11 is 0. The van der Waals surface area contributed by atoms with Crippen LogP contribution in [0.4, 0.5) is 0 Å². The molecule has 0 aromatic heterocycles. The molecule has 0 aromatic carbocycles. The van der Waals surface area contributed by atoms with Crippen molar-refractivity contribution in [2.24, 2.45) is 0 Å². The molecular weight excluding hydrogens is 528 g/mol. The zero-order valence-electron chi connectivity index (χ0n) is 29.1. The molecule has 2 saturated heterocycles. The Hall–Kier alpha value is -0.640. The lowest BCUT2D eigenvalue weighted by Gasteiger charge is -2.18. The minimum atomic E-state index is 0.0668. The largest absolute Gasteiger partial charge is 0.370 e. The van der Waals surface area contributed by atoms with Crippen LogP contribution in [-0.2, 0) is 14.2 Å². The van der Waals surface area contributed by atoms with Crippen LogP contribution in [0, 0.1) is 0 Å². The van der Waals surface area contributed by atoms with Crippen LogP contribution in [0.15, 0.2) is 24.3 Å². The Bertz CT molecular complexity index is 582. The number of epoxide rings is 2. The number of unbranched alkanes of at least 4 members (excludes halogenated alkanes) is 26. The highest BCUT2D eigenvalue weighted by Crippen LogP contribution is 2.26. The highest BCUT2D eigenvalue weighted by molar-refractivity contribution is 5.03. The van der Waals surface area contributed by atoms with Crippen LogP contribution in [0.25, 0.3) is 0 Å². The van der Waals surface area contributed by atoms with Gasteiger partial charge in [0.1, 0.15) is 24.4 Å². The van der Waals surface area contributed by atoms with E-state index in [-0.39, 0.29) is 24.4 Å². The van der Waals surface area contributed by atoms with Crippen LogP contribution in [-0.4, -0.2) is 37.6 Å². The Morgan fingerprint density at radius 3 is 0.953 bits per heavy atom. The standard InChI is InChI=1S/C40H74O3/c1-3-5-7-9-11-13-15-17-19-21-23-25-27-29-31-33-37(39-35-41-39)43-38(40-36-42-40)34-32-30-28-26-24-22-20-18-16-14-12-10-8-6-4-2/h31-34,37-40H,3-30,35-36H2,1-2H3/b33-31+,34-32+. The van der Waals surface area contributed by atoms with Crippen molar-refractivity contribution in [3.8, 4) is 0 Å². The molecule has 252 valence electrons. The Morgan fingerprint density at radius 2 is 0.698 bits per heavy atom. The van der Waals surface area contributed by atoms with Crippen molar-refractivity contribution < 1.29 is 14.2 Å². The van der Waals surface area contributed by atoms with Crippen LogP contribution < -0.4 is 0 Å². The molecule has 2 heterocycles. The molecule has 0 spiro atoms. The molecule has 2 rings (SSSR count). The van der Waals surface area contributed by atoms with Crippen molar-refractivity contribution in [1.82, 2.24) is 0 Å². The van der Waals surface area contributed by atoms with Gasteiger partial charge in [-0.1, -0.05) is 192 Å². The summed E-state index contributed by atoms with van der Waals surface area (Å²) in [5, 5.41) is 0. The number of allylic oxidation sites excluding steroid dienone is 2. The molecular formula is C40H74O3. The molecule has 4 atom stereocenters. The minimum Gasteiger partial charge on any atom is -0.370 e. The van der Waals surface area contributed by atoms with Gasteiger partial charge in [0.25, 0.3) is 0 Å². The van der Waals surface area contributed by atoms with Gasteiger partial charge in [-0.3, -0.25) is 0 Å². The van der Waals surface area contributed by atoms with Gasteiger partial charge in [0.15, 0.2) is 0 Å². The molecule has 0 amide bonds. The third kappa shape index (κ3) is 24.3. The second-order valence-electron chi connectivity index (χ2n) is 13.7. The molecule has 0 saturated carbocycles. The fourth-order valence-electron chi connectivity index (χ4n) is 6.21. The van der Waals surface area contributed by atoms with Crippen LogP contribution in [0.3, 0.4) is 0 Å². The van der Waals surface area contributed by atoms with E-state index in [9.17, 15) is 0 Å². The molecule has 3 nitrogen and oxygen atoms in total. The maximum absolute atomic E-state index is 6.51. The van der Waals surface area contributed by atoms with E-state index >= 15 is 0 Å². The van der Waals surface area contributed by atoms with E-state index in [1.165, 1.54) is 167 Å². The fraction of sp³-hybridized carbons (Fsp3) is 0.900. The minimum absolute atomic E-state index is 0.0668. The zero-order chi connectivity index (χ0) is 30.5. The zero-order valence-corrected chi connectivity index (χ0v) is 29.1. The SMILES string of the molecule is CCCCCCCCCCCCCCC/C=C/C(OC(/C=C/CCCCCCCCCCCCCCC)C1CO1)C1CO1. The fourth-order valence-corrected chi connectivity index (χ4v) is 6.21. The van der Waals surface area contributed by atoms with E-state index in [1.54, 1.807) is 0 Å². The Labute approximate surface area is 269 Å². The number of hydrogen-bond donors (Lipinski definition) is 0. The summed E-state index contributed by atoms with van der Waals surface area (Å²) in [6.45, 7) is 6.25. The van der Waals surface area contributed by atoms with Gasteiger partial charge in [-0.05, 0) is 25.7 Å². The van der Waals surface area contributed by atoms with Crippen LogP contribution in [0.2, 0.25) is 0 Å². The predicted octanol–water partition coefficient (Wildman–Crippen LogP) is 12.6. The molecule has 0 radical (unpaired) electrons. The normalized spacial score (nSPS) is 19.5. The molecule has 0 bridgehead atoms. The summed E-state index contributed by atoms with van der Waals surface area (Å²) in [7, 11) is 0. The lowest BCUT2D eigenvalue weighted by atomic mass is 10.0. The van der Waals surface area contributed by atoms with E-state index in [4.69, 9.17) is 14.2 Å². The topological polar surface area (TPSA) is 34.3 Å². The maximum Gasteiger partial charge on any atom is 0.111 e. The van der Waals surface area contributed by atoms with Gasteiger partial charge in [0.2, 0.25) is 0 Å². The highest BCUT2D eigenvalue weighted by Gasteiger charge is 2.38. The number of ether oxygens (including phenoxy) is 3. The highest BCUT2D eigenvalue weighted by atomic mass is 16.6. The van der Waals surface area contributed by atoms with E-state index in [0.717, 1.165) is 26.1 Å². The summed E-state index contributed by atoms with van der Waals surface area (Å²) in [5.41, 5.74) is 0. The molecule has 4 unspecified atom stereocenters. The molecule has 0 N–H and O–H groups in total. The van der Waals surface area contributed by atoms with Crippen LogP contribution >= 0.6 is 0 Å². The van der Waals surface area contributed by atoms with Crippen molar-refractivity contribution in [1.29, 1.82) is 0 Å². The molecule has 2 aliphatic rings. The molecule has 2 fully saturated rings. The summed E-state index contributed by atoms with van der Waals surface area (Å²) in [6, 6.07) is 0. The number of hydrogen-bond acceptors (Lipinski definition) is 3. The third-order valence-electron chi connectivity index (χ3n) is 9.37. The second kappa shape index (κ2) is 28.8. The van der Waals surface area contributed by atoms with Crippen molar-refractivity contribution >= 4 is 0 Å². The first-order chi connectivity index (χ1) is 21.3. The molecule has 0 aromatic rings. The van der Waals surface area contributed by atoms with Crippen molar-refractivity contribution in [2.45, 2.75) is 218 Å². The lowest BCUT2D eigenvalue weighted by Crippen LogP contribution is -2.27. The molecule has 0 aliphatic carbocycles. The Kier molecular flexibility index (Phi) is 25.8. The first kappa shape index (κ1) is 38.5. The van der Waals surface area contributed by atoms with E-state index in [0.29, 0.717) is 0 Å². The average Bonchev–Trinajstić information content (AvgIpc) is 3.94. The Balaban J connectivity index is 1.44. The second-order valence-corrected chi connectivity index (χ2v) is 13.7.